The van der Waals surface area contributed by atoms with Gasteiger partial charge in [-0.05, 0) is 22.4 Å². The highest BCUT2D eigenvalue weighted by Gasteiger charge is 2.23. The van der Waals surface area contributed by atoms with Gasteiger partial charge in [0.05, 0.1) is 19.1 Å². The maximum absolute atomic E-state index is 12.2. The molecule has 0 unspecified atom stereocenters. The summed E-state index contributed by atoms with van der Waals surface area (Å²) in [7, 11) is 1.46. The molecule has 3 aromatic heterocycles. The lowest BCUT2D eigenvalue weighted by atomic mass is 10.3. The van der Waals surface area contributed by atoms with Gasteiger partial charge < -0.3 is 14.9 Å². The number of nitrogens with two attached hydrogens (primary N) is 1. The minimum atomic E-state index is -0.592. The number of nitrogens with one attached hydrogen (secondary N) is 1. The summed E-state index contributed by atoms with van der Waals surface area (Å²) in [4.78, 5) is 12.2. The lowest BCUT2D eigenvalue weighted by Gasteiger charge is -2.03. The predicted octanol–water partition coefficient (Wildman–Crippen LogP) is -0.264. The Balaban J connectivity index is 1.83. The average Bonchev–Trinajstić information content (AvgIpc) is 3.29. The first-order chi connectivity index (χ1) is 11.7. The van der Waals surface area contributed by atoms with Crippen molar-refractivity contribution >= 4 is 17.9 Å². The van der Waals surface area contributed by atoms with Crippen LogP contribution >= 0.6 is 0 Å². The molecule has 0 fully saturated rings. The third-order valence-electron chi connectivity index (χ3n) is 2.86. The van der Waals surface area contributed by atoms with Crippen LogP contribution in [0.15, 0.2) is 32.5 Å². The lowest BCUT2D eigenvalue weighted by Crippen LogP contribution is -2.20. The Morgan fingerprint density at radius 1 is 1.54 bits per heavy atom. The summed E-state index contributed by atoms with van der Waals surface area (Å²) in [6.45, 7) is 0.0317. The molecular formula is C12H12N8O4. The van der Waals surface area contributed by atoms with Crippen LogP contribution in [0.25, 0.3) is 5.82 Å². The molecule has 0 aliphatic rings. The second-order valence-corrected chi connectivity index (χ2v) is 4.42. The Bertz CT molecular complexity index is 850. The number of nitrogens with zero attached hydrogens (tertiary/aromatic N) is 6. The van der Waals surface area contributed by atoms with E-state index in [0.717, 1.165) is 0 Å². The van der Waals surface area contributed by atoms with Crippen molar-refractivity contribution in [1.29, 1.82) is 0 Å². The van der Waals surface area contributed by atoms with Crippen molar-refractivity contribution in [2.24, 2.45) is 5.10 Å². The van der Waals surface area contributed by atoms with Crippen molar-refractivity contribution in [2.45, 2.75) is 6.61 Å². The number of nitrogen functional groups attached to an aromatic ring is 1. The summed E-state index contributed by atoms with van der Waals surface area (Å²) in [5.41, 5.74) is 8.25. The molecule has 0 aliphatic carbocycles. The Kier molecular flexibility index (Phi) is 4.29. The zero-order chi connectivity index (χ0) is 16.9. The van der Waals surface area contributed by atoms with E-state index < -0.39 is 5.91 Å². The zero-order valence-corrected chi connectivity index (χ0v) is 12.4. The van der Waals surface area contributed by atoms with Crippen molar-refractivity contribution < 1.29 is 18.6 Å². The summed E-state index contributed by atoms with van der Waals surface area (Å²) >= 11 is 0. The van der Waals surface area contributed by atoms with Crippen LogP contribution in [0, 0.1) is 0 Å². The maximum Gasteiger partial charge on any atom is 0.293 e. The van der Waals surface area contributed by atoms with Crippen molar-refractivity contribution in [3.63, 3.8) is 0 Å². The summed E-state index contributed by atoms with van der Waals surface area (Å²) in [6, 6.07) is 3.38. The average molecular weight is 332 g/mol. The highest BCUT2D eigenvalue weighted by molar-refractivity contribution is 5.94. The van der Waals surface area contributed by atoms with Gasteiger partial charge in [0.15, 0.2) is 5.69 Å². The largest absolute Gasteiger partial charge is 0.463 e. The van der Waals surface area contributed by atoms with E-state index in [9.17, 15) is 4.79 Å². The number of furan rings is 1. The number of amides is 1. The summed E-state index contributed by atoms with van der Waals surface area (Å²) in [5.74, 6) is -0.00335. The van der Waals surface area contributed by atoms with Gasteiger partial charge in [0.2, 0.25) is 11.6 Å². The van der Waals surface area contributed by atoms with Crippen molar-refractivity contribution in [1.82, 2.24) is 30.7 Å². The Hall–Kier alpha value is -3.54. The second kappa shape index (κ2) is 6.70. The molecule has 0 atom stereocenters. The summed E-state index contributed by atoms with van der Waals surface area (Å²) in [6.07, 6.45) is 2.83. The number of hydrogen-bond acceptors (Lipinski definition) is 10. The van der Waals surface area contributed by atoms with Gasteiger partial charge in [-0.15, -0.1) is 5.10 Å². The molecular weight excluding hydrogens is 320 g/mol. The second-order valence-electron chi connectivity index (χ2n) is 4.42. The van der Waals surface area contributed by atoms with E-state index in [4.69, 9.17) is 14.9 Å². The molecule has 0 saturated carbocycles. The van der Waals surface area contributed by atoms with Gasteiger partial charge in [0.1, 0.15) is 11.5 Å². The van der Waals surface area contributed by atoms with Gasteiger partial charge in [-0.1, -0.05) is 5.21 Å². The molecule has 0 spiro atoms. The third-order valence-corrected chi connectivity index (χ3v) is 2.86. The number of carbonyl (C=O) groups excluding carboxylic acids is 1. The van der Waals surface area contributed by atoms with Crippen LogP contribution in [0.1, 0.15) is 21.9 Å². The van der Waals surface area contributed by atoms with E-state index in [-0.39, 0.29) is 23.9 Å². The number of methoxy groups -OCH3 is 1. The highest BCUT2D eigenvalue weighted by atomic mass is 16.6. The topological polar surface area (TPSA) is 159 Å². The smallest absolute Gasteiger partial charge is 0.293 e. The van der Waals surface area contributed by atoms with E-state index in [0.29, 0.717) is 11.5 Å². The number of carbonyl (C=O) groups is 1. The summed E-state index contributed by atoms with van der Waals surface area (Å²) < 4.78 is 15.9. The van der Waals surface area contributed by atoms with Crippen LogP contribution in [0.3, 0.4) is 0 Å². The van der Waals surface area contributed by atoms with Gasteiger partial charge >= 0.3 is 0 Å². The fourth-order valence-corrected chi connectivity index (χ4v) is 1.82. The SMILES string of the molecule is COCc1c(C(=O)N/N=C/c2ccco2)nnn1-c1nonc1N. The zero-order valence-electron chi connectivity index (χ0n) is 12.4. The molecule has 3 heterocycles. The molecule has 0 aliphatic heterocycles. The van der Waals surface area contributed by atoms with E-state index in [2.05, 4.69) is 35.8 Å². The number of aromatic nitrogens is 5. The van der Waals surface area contributed by atoms with Crippen LogP contribution in [-0.2, 0) is 11.3 Å². The molecule has 3 N–H and O–H groups in total. The van der Waals surface area contributed by atoms with Crippen LogP contribution in [0.4, 0.5) is 5.82 Å². The standard InChI is InChI=1S/C12H12N8O4/c1-22-6-8-9(12(21)16-14-5-7-3-2-4-23-7)15-19-20(8)11-10(13)17-24-18-11/h2-5H,6H2,1H3,(H2,13,17)(H,16,21)/b14-5+. The van der Waals surface area contributed by atoms with Gasteiger partial charge in [-0.3, -0.25) is 4.79 Å². The van der Waals surface area contributed by atoms with Crippen LogP contribution in [0.2, 0.25) is 0 Å². The molecule has 0 saturated heterocycles. The number of rotatable bonds is 6. The number of hydrazone groups is 1. The van der Waals surface area contributed by atoms with E-state index in [1.54, 1.807) is 12.1 Å². The third kappa shape index (κ3) is 2.98. The van der Waals surface area contributed by atoms with Gasteiger partial charge in [0.25, 0.3) is 5.91 Å². The number of hydrogen-bond donors (Lipinski definition) is 2. The first kappa shape index (κ1) is 15.4. The van der Waals surface area contributed by atoms with Crippen LogP contribution in [0.5, 0.6) is 0 Å². The monoisotopic (exact) mass is 332 g/mol. The van der Waals surface area contributed by atoms with Crippen molar-refractivity contribution in [3.05, 3.63) is 35.5 Å². The van der Waals surface area contributed by atoms with E-state index in [1.165, 1.54) is 24.3 Å². The Labute approximate surface area is 134 Å². The molecule has 12 nitrogen and oxygen atoms in total. The molecule has 1 amide bonds. The maximum atomic E-state index is 12.2. The molecule has 24 heavy (non-hydrogen) atoms. The Morgan fingerprint density at radius 3 is 3.08 bits per heavy atom. The summed E-state index contributed by atoms with van der Waals surface area (Å²) in [5, 5.41) is 18.5. The van der Waals surface area contributed by atoms with Crippen LogP contribution in [-0.4, -0.2) is 44.5 Å². The van der Waals surface area contributed by atoms with Crippen molar-refractivity contribution in [3.8, 4) is 5.82 Å². The predicted molar refractivity (Wildman–Crippen MR) is 78.1 cm³/mol. The number of anilines is 1. The highest BCUT2D eigenvalue weighted by Crippen LogP contribution is 2.16. The normalized spacial score (nSPS) is 11.2. The fourth-order valence-electron chi connectivity index (χ4n) is 1.82. The Morgan fingerprint density at radius 2 is 2.42 bits per heavy atom. The van der Waals surface area contributed by atoms with Gasteiger partial charge in [0, 0.05) is 7.11 Å². The van der Waals surface area contributed by atoms with Crippen molar-refractivity contribution in [2.75, 3.05) is 12.8 Å². The van der Waals surface area contributed by atoms with E-state index in [1.807, 2.05) is 0 Å². The molecule has 3 aromatic rings. The van der Waals surface area contributed by atoms with E-state index >= 15 is 0 Å². The first-order valence-corrected chi connectivity index (χ1v) is 6.59. The molecule has 3 rings (SSSR count). The molecule has 0 bridgehead atoms. The van der Waals surface area contributed by atoms with Crippen LogP contribution < -0.4 is 11.2 Å². The molecule has 12 heteroatoms. The minimum Gasteiger partial charge on any atom is -0.463 e. The first-order valence-electron chi connectivity index (χ1n) is 6.59. The van der Waals surface area contributed by atoms with Gasteiger partial charge in [-0.25, -0.2) is 10.1 Å². The quantitative estimate of drug-likeness (QED) is 0.457. The number of ether oxygens (including phenoxy) is 1. The molecule has 124 valence electrons. The molecule has 0 radical (unpaired) electrons. The minimum absolute atomic E-state index is 0.0000476. The van der Waals surface area contributed by atoms with Gasteiger partial charge in [-0.2, -0.15) is 9.78 Å². The fraction of sp³-hybridized carbons (Fsp3) is 0.167. The lowest BCUT2D eigenvalue weighted by molar-refractivity contribution is 0.0944. The molecule has 0 aromatic carbocycles.